The second kappa shape index (κ2) is 13.5. The summed E-state index contributed by atoms with van der Waals surface area (Å²) < 4.78 is 16.4. The van der Waals surface area contributed by atoms with Crippen molar-refractivity contribution in [2.45, 2.75) is 52.0 Å². The number of amides is 2. The van der Waals surface area contributed by atoms with E-state index in [1.54, 1.807) is 51.1 Å². The minimum atomic E-state index is -0.775. The van der Waals surface area contributed by atoms with Crippen LogP contribution in [0.25, 0.3) is 6.08 Å². The van der Waals surface area contributed by atoms with E-state index < -0.39 is 23.7 Å². The molecule has 1 N–H and O–H groups in total. The number of carbonyl (C=O) groups excluding carboxylic acids is 3. The molecule has 0 radical (unpaired) electrons. The van der Waals surface area contributed by atoms with Crippen LogP contribution in [0.4, 0.5) is 16.2 Å². The van der Waals surface area contributed by atoms with Crippen LogP contribution in [0.15, 0.2) is 72.8 Å². The Labute approximate surface area is 253 Å². The summed E-state index contributed by atoms with van der Waals surface area (Å²) in [5.41, 5.74) is 4.64. The molecule has 3 aromatic rings. The number of anilines is 2. The Bertz CT molecular complexity index is 1470. The summed E-state index contributed by atoms with van der Waals surface area (Å²) in [6.07, 6.45) is 2.71. The van der Waals surface area contributed by atoms with Crippen LogP contribution in [0.2, 0.25) is 0 Å². The van der Waals surface area contributed by atoms with Crippen molar-refractivity contribution >= 4 is 35.4 Å². The zero-order chi connectivity index (χ0) is 31.1. The van der Waals surface area contributed by atoms with E-state index >= 15 is 0 Å². The molecule has 0 bridgehead atoms. The van der Waals surface area contributed by atoms with Gasteiger partial charge in [0.25, 0.3) is 0 Å². The number of hydrogen-bond donors (Lipinski definition) is 1. The fourth-order valence-electron chi connectivity index (χ4n) is 4.59. The number of esters is 1. The predicted molar refractivity (Wildman–Crippen MR) is 167 cm³/mol. The molecule has 0 unspecified atom stereocenters. The van der Waals surface area contributed by atoms with Crippen LogP contribution >= 0.6 is 0 Å². The molecule has 0 saturated heterocycles. The van der Waals surface area contributed by atoms with Crippen LogP contribution in [0.3, 0.4) is 0 Å². The van der Waals surface area contributed by atoms with Crippen LogP contribution in [-0.2, 0) is 38.6 Å². The molecule has 3 aromatic carbocycles. The van der Waals surface area contributed by atoms with E-state index in [0.717, 1.165) is 27.9 Å². The van der Waals surface area contributed by atoms with Gasteiger partial charge in [-0.3, -0.25) is 9.69 Å². The van der Waals surface area contributed by atoms with Gasteiger partial charge in [0, 0.05) is 38.0 Å². The van der Waals surface area contributed by atoms with Crippen molar-refractivity contribution in [3.63, 3.8) is 0 Å². The van der Waals surface area contributed by atoms with Crippen molar-refractivity contribution in [3.05, 3.63) is 95.1 Å². The zero-order valence-corrected chi connectivity index (χ0v) is 25.5. The molecule has 0 aromatic heterocycles. The van der Waals surface area contributed by atoms with Gasteiger partial charge < -0.3 is 24.4 Å². The SMILES string of the molecule is COC(=O)C=Cc1ccc(NC(=O)[C@H]2Cc3ccc(OCc4ccc(N(C)C)cc4)cc3CN2C(=O)OC(C)(C)C)cc1. The maximum absolute atomic E-state index is 13.5. The molecular formula is C34H39N3O6. The Morgan fingerprint density at radius 1 is 0.977 bits per heavy atom. The normalized spacial score (nSPS) is 14.6. The molecule has 43 heavy (non-hydrogen) atoms. The van der Waals surface area contributed by atoms with Crippen molar-refractivity contribution in [3.8, 4) is 5.75 Å². The van der Waals surface area contributed by atoms with Gasteiger partial charge in [-0.25, -0.2) is 9.59 Å². The minimum Gasteiger partial charge on any atom is -0.489 e. The minimum absolute atomic E-state index is 0.203. The third-order valence-electron chi connectivity index (χ3n) is 6.89. The van der Waals surface area contributed by atoms with E-state index in [0.29, 0.717) is 24.5 Å². The molecule has 0 fully saturated rings. The Hall–Kier alpha value is -4.79. The van der Waals surface area contributed by atoms with Gasteiger partial charge in [0.15, 0.2) is 0 Å². The summed E-state index contributed by atoms with van der Waals surface area (Å²) in [5.74, 6) is -0.0922. The number of rotatable bonds is 8. The second-order valence-corrected chi connectivity index (χ2v) is 11.6. The molecule has 226 valence electrons. The third kappa shape index (κ3) is 8.61. The highest BCUT2D eigenvalue weighted by Crippen LogP contribution is 2.30. The Morgan fingerprint density at radius 3 is 2.30 bits per heavy atom. The molecule has 4 rings (SSSR count). The van der Waals surface area contributed by atoms with E-state index in [4.69, 9.17) is 9.47 Å². The monoisotopic (exact) mass is 585 g/mol. The van der Waals surface area contributed by atoms with E-state index in [2.05, 4.69) is 10.1 Å². The first-order chi connectivity index (χ1) is 20.4. The zero-order valence-electron chi connectivity index (χ0n) is 25.5. The van der Waals surface area contributed by atoms with Crippen LogP contribution in [-0.4, -0.2) is 55.7 Å². The van der Waals surface area contributed by atoms with Crippen LogP contribution < -0.4 is 15.0 Å². The van der Waals surface area contributed by atoms with Crippen LogP contribution in [0.5, 0.6) is 5.75 Å². The summed E-state index contributed by atoms with van der Waals surface area (Å²) in [5, 5.41) is 2.92. The highest BCUT2D eigenvalue weighted by molar-refractivity contribution is 5.97. The van der Waals surface area contributed by atoms with Gasteiger partial charge in [-0.1, -0.05) is 30.3 Å². The summed E-state index contributed by atoms with van der Waals surface area (Å²) in [6, 6.07) is 20.2. The number of nitrogens with zero attached hydrogens (tertiary/aromatic N) is 2. The summed E-state index contributed by atoms with van der Waals surface area (Å²) >= 11 is 0. The second-order valence-electron chi connectivity index (χ2n) is 11.6. The lowest BCUT2D eigenvalue weighted by Gasteiger charge is -2.37. The number of ether oxygens (including phenoxy) is 3. The Kier molecular flexibility index (Phi) is 9.75. The van der Waals surface area contributed by atoms with Crippen molar-refractivity contribution in [2.75, 3.05) is 31.4 Å². The Balaban J connectivity index is 1.49. The summed E-state index contributed by atoms with van der Waals surface area (Å²) in [4.78, 5) is 41.7. The van der Waals surface area contributed by atoms with Crippen molar-refractivity contribution < 1.29 is 28.6 Å². The lowest BCUT2D eigenvalue weighted by molar-refractivity contribution is -0.134. The number of benzene rings is 3. The standard InChI is InChI=1S/C34H39N3O6/c1-34(2,3)43-33(40)37-21-26-19-29(42-22-24-9-15-28(16-10-24)36(4)5)17-12-25(26)20-30(37)32(39)35-27-13-7-23(8-14-27)11-18-31(38)41-6/h7-19,30H,20-22H2,1-6H3,(H,35,39)/t30-/m1/s1. The molecule has 2 amide bonds. The molecule has 1 heterocycles. The molecule has 0 aliphatic carbocycles. The van der Waals surface area contributed by atoms with E-state index in [1.165, 1.54) is 18.1 Å². The smallest absolute Gasteiger partial charge is 0.411 e. The summed E-state index contributed by atoms with van der Waals surface area (Å²) in [6.45, 7) is 6.00. The number of fused-ring (bicyclic) bond motifs is 1. The lowest BCUT2D eigenvalue weighted by atomic mass is 9.93. The first-order valence-electron chi connectivity index (χ1n) is 14.1. The highest BCUT2D eigenvalue weighted by Gasteiger charge is 2.37. The van der Waals surface area contributed by atoms with Gasteiger partial charge in [-0.05, 0) is 85.5 Å². The fourth-order valence-corrected chi connectivity index (χ4v) is 4.59. The average Bonchev–Trinajstić information content (AvgIpc) is 2.98. The number of nitrogens with one attached hydrogen (secondary N) is 1. The molecule has 1 aliphatic heterocycles. The third-order valence-corrected chi connectivity index (χ3v) is 6.89. The van der Waals surface area contributed by atoms with Crippen molar-refractivity contribution in [2.24, 2.45) is 0 Å². The fraction of sp³-hybridized carbons (Fsp3) is 0.324. The molecule has 1 aliphatic rings. The first kappa shape index (κ1) is 31.2. The largest absolute Gasteiger partial charge is 0.489 e. The highest BCUT2D eigenvalue weighted by atomic mass is 16.6. The molecule has 0 spiro atoms. The van der Waals surface area contributed by atoms with Gasteiger partial charge in [0.05, 0.1) is 13.7 Å². The lowest BCUT2D eigenvalue weighted by Crippen LogP contribution is -2.52. The predicted octanol–water partition coefficient (Wildman–Crippen LogP) is 5.82. The maximum atomic E-state index is 13.5. The maximum Gasteiger partial charge on any atom is 0.411 e. The van der Waals surface area contributed by atoms with Gasteiger partial charge in [0.1, 0.15) is 24.0 Å². The number of hydrogen-bond acceptors (Lipinski definition) is 7. The van der Waals surface area contributed by atoms with Crippen molar-refractivity contribution in [1.82, 2.24) is 4.90 Å². The summed E-state index contributed by atoms with van der Waals surface area (Å²) in [7, 11) is 5.31. The quantitative estimate of drug-likeness (QED) is 0.263. The van der Waals surface area contributed by atoms with Crippen LogP contribution in [0, 0.1) is 0 Å². The van der Waals surface area contributed by atoms with Gasteiger partial charge in [0.2, 0.25) is 5.91 Å². The first-order valence-corrected chi connectivity index (χ1v) is 14.1. The average molecular weight is 586 g/mol. The molecule has 1 atom stereocenters. The van der Waals surface area contributed by atoms with Gasteiger partial charge >= 0.3 is 12.1 Å². The number of methoxy groups -OCH3 is 1. The molecule has 9 heteroatoms. The topological polar surface area (TPSA) is 97.4 Å². The van der Waals surface area contributed by atoms with Gasteiger partial charge in [-0.2, -0.15) is 0 Å². The van der Waals surface area contributed by atoms with E-state index in [-0.39, 0.29) is 12.5 Å². The van der Waals surface area contributed by atoms with Gasteiger partial charge in [-0.15, -0.1) is 0 Å². The molecule has 9 nitrogen and oxygen atoms in total. The molecule has 0 saturated carbocycles. The molecular weight excluding hydrogens is 546 g/mol. The van der Waals surface area contributed by atoms with Crippen molar-refractivity contribution in [1.29, 1.82) is 0 Å². The number of carbonyl (C=O) groups is 3. The van der Waals surface area contributed by atoms with Crippen LogP contribution in [0.1, 0.15) is 43.0 Å². The van der Waals surface area contributed by atoms with E-state index in [9.17, 15) is 14.4 Å². The Morgan fingerprint density at radius 2 is 1.67 bits per heavy atom. The van der Waals surface area contributed by atoms with E-state index in [1.807, 2.05) is 61.5 Å².